The van der Waals surface area contributed by atoms with Gasteiger partial charge in [0.25, 0.3) is 0 Å². The Morgan fingerprint density at radius 1 is 1.11 bits per heavy atom. The summed E-state index contributed by atoms with van der Waals surface area (Å²) in [5, 5.41) is 8.06. The van der Waals surface area contributed by atoms with E-state index >= 15 is 0 Å². The van der Waals surface area contributed by atoms with Crippen LogP contribution in [0, 0.1) is 0 Å². The highest BCUT2D eigenvalue weighted by Crippen LogP contribution is 2.44. The summed E-state index contributed by atoms with van der Waals surface area (Å²) in [5.41, 5.74) is 9.33. The predicted octanol–water partition coefficient (Wildman–Crippen LogP) is 3.45. The zero-order valence-electron chi connectivity index (χ0n) is 20.0. The van der Waals surface area contributed by atoms with Gasteiger partial charge in [0.2, 0.25) is 17.7 Å². The van der Waals surface area contributed by atoms with Crippen LogP contribution in [0.2, 0.25) is 0 Å². The zero-order chi connectivity index (χ0) is 24.5. The quantitative estimate of drug-likeness (QED) is 0.585. The molecule has 1 saturated heterocycles. The van der Waals surface area contributed by atoms with Crippen LogP contribution in [-0.2, 0) is 11.2 Å². The van der Waals surface area contributed by atoms with Crippen molar-refractivity contribution in [1.29, 1.82) is 0 Å². The molecule has 0 radical (unpaired) electrons. The van der Waals surface area contributed by atoms with Crippen molar-refractivity contribution in [2.24, 2.45) is 5.73 Å². The number of fused-ring (bicyclic) bond motifs is 1. The number of carbonyl (C=O) groups is 2. The van der Waals surface area contributed by atoms with Gasteiger partial charge in [0, 0.05) is 48.1 Å². The molecular weight excluding hydrogens is 444 g/mol. The molecule has 182 valence electrons. The number of nitrogens with two attached hydrogens (primary N) is 1. The number of anilines is 1. The van der Waals surface area contributed by atoms with Gasteiger partial charge in [-0.2, -0.15) is 5.10 Å². The number of aromatic nitrogens is 3. The number of hydrogen-bond acceptors (Lipinski definition) is 6. The molecule has 35 heavy (non-hydrogen) atoms. The van der Waals surface area contributed by atoms with E-state index in [1.807, 2.05) is 27.9 Å². The first kappa shape index (κ1) is 23.0. The minimum absolute atomic E-state index is 0.000173. The SMILES string of the molecule is CC(=O)N1c2ccc(-c3cnn(C4CCNCC4)c3)c(Oc3ccc(C(N)=O)cn3)c2CCC1C. The summed E-state index contributed by atoms with van der Waals surface area (Å²) >= 11 is 0. The lowest BCUT2D eigenvalue weighted by atomic mass is 9.92. The van der Waals surface area contributed by atoms with E-state index in [0.29, 0.717) is 23.2 Å². The predicted molar refractivity (Wildman–Crippen MR) is 133 cm³/mol. The summed E-state index contributed by atoms with van der Waals surface area (Å²) in [5.74, 6) is 0.464. The van der Waals surface area contributed by atoms with Crippen LogP contribution >= 0.6 is 0 Å². The van der Waals surface area contributed by atoms with Crippen LogP contribution in [0.25, 0.3) is 11.1 Å². The number of piperidine rings is 1. The van der Waals surface area contributed by atoms with E-state index in [0.717, 1.165) is 61.2 Å². The van der Waals surface area contributed by atoms with E-state index in [1.54, 1.807) is 19.1 Å². The number of rotatable bonds is 5. The molecule has 4 heterocycles. The molecule has 3 aromatic rings. The average molecular weight is 475 g/mol. The maximum Gasteiger partial charge on any atom is 0.250 e. The van der Waals surface area contributed by atoms with Crippen LogP contribution in [0.1, 0.15) is 55.1 Å². The van der Waals surface area contributed by atoms with Crippen molar-refractivity contribution < 1.29 is 14.3 Å². The normalized spacial score (nSPS) is 18.2. The number of hydrogen-bond donors (Lipinski definition) is 2. The number of pyridine rings is 1. The number of carbonyl (C=O) groups excluding carboxylic acids is 2. The molecule has 2 aliphatic rings. The van der Waals surface area contributed by atoms with Gasteiger partial charge in [0.05, 0.1) is 23.5 Å². The van der Waals surface area contributed by atoms with Gasteiger partial charge in [-0.05, 0) is 63.9 Å². The number of nitrogens with zero attached hydrogens (tertiary/aromatic N) is 4. The second-order valence-electron chi connectivity index (χ2n) is 9.26. The molecule has 2 amide bonds. The summed E-state index contributed by atoms with van der Waals surface area (Å²) in [6.45, 7) is 5.62. The van der Waals surface area contributed by atoms with Crippen LogP contribution < -0.4 is 20.7 Å². The van der Waals surface area contributed by atoms with Gasteiger partial charge >= 0.3 is 0 Å². The standard InChI is InChI=1S/C26H30N6O3/c1-16-3-5-22-23(32(16)17(2)33)7-6-21(19-14-30-31(15-19)20-9-11-28-12-10-20)25(22)35-24-8-4-18(13-29-24)26(27)34/h4,6-8,13-16,20,28H,3,5,9-12H2,1-2H3,(H2,27,34). The minimum Gasteiger partial charge on any atom is -0.438 e. The Bertz CT molecular complexity index is 1250. The second-order valence-corrected chi connectivity index (χ2v) is 9.26. The Kier molecular flexibility index (Phi) is 6.25. The summed E-state index contributed by atoms with van der Waals surface area (Å²) in [7, 11) is 0. The first-order valence-corrected chi connectivity index (χ1v) is 12.1. The number of nitrogens with one attached hydrogen (secondary N) is 1. The topological polar surface area (TPSA) is 115 Å². The van der Waals surface area contributed by atoms with Crippen molar-refractivity contribution in [2.45, 2.75) is 51.6 Å². The maximum atomic E-state index is 12.5. The van der Waals surface area contributed by atoms with Crippen molar-refractivity contribution in [3.05, 3.63) is 54.0 Å². The molecule has 1 fully saturated rings. The Morgan fingerprint density at radius 3 is 2.60 bits per heavy atom. The molecule has 3 N–H and O–H groups in total. The molecule has 9 heteroatoms. The number of ether oxygens (including phenoxy) is 1. The fourth-order valence-electron chi connectivity index (χ4n) is 5.07. The Balaban J connectivity index is 1.58. The molecule has 2 aliphatic heterocycles. The lowest BCUT2D eigenvalue weighted by Crippen LogP contribution is -2.40. The first-order valence-electron chi connectivity index (χ1n) is 12.1. The van der Waals surface area contributed by atoms with Gasteiger partial charge in [-0.1, -0.05) is 0 Å². The highest BCUT2D eigenvalue weighted by molar-refractivity contribution is 5.95. The molecule has 2 aromatic heterocycles. The fourth-order valence-corrected chi connectivity index (χ4v) is 5.07. The Hall–Kier alpha value is -3.72. The number of benzene rings is 1. The molecule has 9 nitrogen and oxygen atoms in total. The molecule has 0 spiro atoms. The van der Waals surface area contributed by atoms with Crippen LogP contribution in [-0.4, -0.2) is 45.7 Å². The third-order valence-electron chi connectivity index (χ3n) is 6.91. The summed E-state index contributed by atoms with van der Waals surface area (Å²) in [6.07, 6.45) is 9.02. The van der Waals surface area contributed by atoms with Gasteiger partial charge < -0.3 is 20.7 Å². The van der Waals surface area contributed by atoms with Crippen LogP contribution in [0.15, 0.2) is 42.9 Å². The van der Waals surface area contributed by atoms with Crippen molar-refractivity contribution in [3.8, 4) is 22.8 Å². The van der Waals surface area contributed by atoms with Gasteiger partial charge in [-0.25, -0.2) is 4.98 Å². The number of primary amides is 1. The summed E-state index contributed by atoms with van der Waals surface area (Å²) < 4.78 is 8.41. The molecule has 0 bridgehead atoms. The first-order chi connectivity index (χ1) is 16.9. The zero-order valence-corrected chi connectivity index (χ0v) is 20.0. The van der Waals surface area contributed by atoms with E-state index in [9.17, 15) is 9.59 Å². The molecule has 5 rings (SSSR count). The van der Waals surface area contributed by atoms with Gasteiger partial charge in [0.15, 0.2) is 0 Å². The largest absolute Gasteiger partial charge is 0.438 e. The van der Waals surface area contributed by atoms with Crippen LogP contribution in [0.4, 0.5) is 5.69 Å². The van der Waals surface area contributed by atoms with E-state index in [-0.39, 0.29) is 11.9 Å². The second kappa shape index (κ2) is 9.50. The van der Waals surface area contributed by atoms with E-state index in [1.165, 1.54) is 6.20 Å². The molecular formula is C26H30N6O3. The lowest BCUT2D eigenvalue weighted by molar-refractivity contribution is -0.117. The third-order valence-corrected chi connectivity index (χ3v) is 6.91. The Morgan fingerprint density at radius 2 is 1.91 bits per heavy atom. The Labute approximate surface area is 204 Å². The monoisotopic (exact) mass is 474 g/mol. The van der Waals surface area contributed by atoms with Gasteiger partial charge in [-0.15, -0.1) is 0 Å². The van der Waals surface area contributed by atoms with Crippen LogP contribution in [0.3, 0.4) is 0 Å². The highest BCUT2D eigenvalue weighted by Gasteiger charge is 2.30. The third kappa shape index (κ3) is 4.51. The molecule has 0 saturated carbocycles. The average Bonchev–Trinajstić information content (AvgIpc) is 3.35. The lowest BCUT2D eigenvalue weighted by Gasteiger charge is -2.35. The summed E-state index contributed by atoms with van der Waals surface area (Å²) in [4.78, 5) is 30.1. The van der Waals surface area contributed by atoms with Crippen LogP contribution in [0.5, 0.6) is 11.6 Å². The van der Waals surface area contributed by atoms with Crippen molar-refractivity contribution in [3.63, 3.8) is 0 Å². The smallest absolute Gasteiger partial charge is 0.250 e. The van der Waals surface area contributed by atoms with Gasteiger partial charge in [0.1, 0.15) is 5.75 Å². The minimum atomic E-state index is -0.543. The maximum absolute atomic E-state index is 12.5. The van der Waals surface area contributed by atoms with Crippen molar-refractivity contribution in [2.75, 3.05) is 18.0 Å². The molecule has 1 atom stereocenters. The summed E-state index contributed by atoms with van der Waals surface area (Å²) in [6, 6.07) is 7.69. The van der Waals surface area contributed by atoms with E-state index in [4.69, 9.17) is 10.5 Å². The van der Waals surface area contributed by atoms with E-state index in [2.05, 4.69) is 28.5 Å². The van der Waals surface area contributed by atoms with Crippen molar-refractivity contribution >= 4 is 17.5 Å². The molecule has 0 aliphatic carbocycles. The molecule has 1 unspecified atom stereocenters. The fraction of sp³-hybridized carbons (Fsp3) is 0.385. The highest BCUT2D eigenvalue weighted by atomic mass is 16.5. The molecule has 1 aromatic carbocycles. The number of amides is 2. The van der Waals surface area contributed by atoms with E-state index < -0.39 is 5.91 Å². The van der Waals surface area contributed by atoms with Gasteiger partial charge in [-0.3, -0.25) is 14.3 Å². The van der Waals surface area contributed by atoms with Crippen molar-refractivity contribution in [1.82, 2.24) is 20.1 Å².